The molecule has 2 rings (SSSR count). The maximum atomic E-state index is 6.38. The largest absolute Gasteiger partial charge is 0.369 e. The van der Waals surface area contributed by atoms with Crippen LogP contribution in [0.3, 0.4) is 0 Å². The van der Waals surface area contributed by atoms with Gasteiger partial charge in [0, 0.05) is 17.1 Å². The summed E-state index contributed by atoms with van der Waals surface area (Å²) >= 11 is 3.52. The van der Waals surface area contributed by atoms with Gasteiger partial charge in [-0.2, -0.15) is 0 Å². The number of nitrogens with one attached hydrogen (secondary N) is 1. The van der Waals surface area contributed by atoms with Gasteiger partial charge in [0.25, 0.3) is 0 Å². The number of rotatable bonds is 6. The molecule has 0 aromatic heterocycles. The van der Waals surface area contributed by atoms with Crippen molar-refractivity contribution < 1.29 is 4.74 Å². The normalized spacial score (nSPS) is 18.4. The minimum Gasteiger partial charge on any atom is -0.369 e. The molecule has 0 amide bonds. The number of ether oxygens (including phenoxy) is 1. The Balaban J connectivity index is 1.96. The van der Waals surface area contributed by atoms with Gasteiger partial charge in [-0.15, -0.1) is 0 Å². The van der Waals surface area contributed by atoms with Gasteiger partial charge in [-0.3, -0.25) is 0 Å². The maximum Gasteiger partial charge on any atom is 0.0810 e. The molecule has 0 heterocycles. The molecule has 0 aliphatic heterocycles. The highest BCUT2D eigenvalue weighted by Crippen LogP contribution is 2.32. The summed E-state index contributed by atoms with van der Waals surface area (Å²) in [4.78, 5) is 0. The fourth-order valence-electron chi connectivity index (χ4n) is 2.82. The number of benzene rings is 1. The Morgan fingerprint density at radius 3 is 2.65 bits per heavy atom. The first-order chi connectivity index (χ1) is 9.60. The highest BCUT2D eigenvalue weighted by atomic mass is 79.9. The van der Waals surface area contributed by atoms with Crippen molar-refractivity contribution in [2.45, 2.75) is 64.2 Å². The predicted molar refractivity (Wildman–Crippen MR) is 87.9 cm³/mol. The summed E-state index contributed by atoms with van der Waals surface area (Å²) in [5.41, 5.74) is 1.28. The van der Waals surface area contributed by atoms with Crippen LogP contribution in [0.4, 0.5) is 0 Å². The molecule has 0 bridgehead atoms. The van der Waals surface area contributed by atoms with Crippen LogP contribution in [0.25, 0.3) is 0 Å². The van der Waals surface area contributed by atoms with Crippen molar-refractivity contribution in [3.05, 3.63) is 34.3 Å². The maximum absolute atomic E-state index is 6.38. The third-order valence-electron chi connectivity index (χ3n) is 4.03. The monoisotopic (exact) mass is 339 g/mol. The van der Waals surface area contributed by atoms with Gasteiger partial charge in [0.05, 0.1) is 12.2 Å². The first-order valence-electron chi connectivity index (χ1n) is 7.71. The molecule has 112 valence electrons. The van der Waals surface area contributed by atoms with E-state index < -0.39 is 0 Å². The summed E-state index contributed by atoms with van der Waals surface area (Å²) in [6.07, 6.45) is 6.29. The van der Waals surface area contributed by atoms with Crippen molar-refractivity contribution >= 4 is 15.9 Å². The Kier molecular flexibility index (Phi) is 6.06. The molecule has 1 aliphatic rings. The minimum atomic E-state index is 0.0326. The predicted octanol–water partition coefficient (Wildman–Crippen LogP) is 4.67. The molecule has 1 aromatic rings. The van der Waals surface area contributed by atoms with E-state index in [-0.39, 0.29) is 5.60 Å². The fourth-order valence-corrected chi connectivity index (χ4v) is 3.27. The summed E-state index contributed by atoms with van der Waals surface area (Å²) in [7, 11) is 0. The van der Waals surface area contributed by atoms with Gasteiger partial charge < -0.3 is 10.1 Å². The van der Waals surface area contributed by atoms with Crippen molar-refractivity contribution in [3.63, 3.8) is 0 Å². The van der Waals surface area contributed by atoms with Gasteiger partial charge in [0.1, 0.15) is 0 Å². The van der Waals surface area contributed by atoms with Gasteiger partial charge in [0.15, 0.2) is 0 Å². The number of halogens is 1. The zero-order chi connectivity index (χ0) is 14.4. The van der Waals surface area contributed by atoms with E-state index in [4.69, 9.17) is 4.74 Å². The molecule has 1 N–H and O–H groups in total. The van der Waals surface area contributed by atoms with E-state index in [2.05, 4.69) is 59.4 Å². The van der Waals surface area contributed by atoms with Gasteiger partial charge >= 0.3 is 0 Å². The molecule has 0 radical (unpaired) electrons. The van der Waals surface area contributed by atoms with Gasteiger partial charge in [-0.1, -0.05) is 61.2 Å². The van der Waals surface area contributed by atoms with E-state index >= 15 is 0 Å². The number of hydrogen-bond donors (Lipinski definition) is 1. The zero-order valence-corrected chi connectivity index (χ0v) is 14.2. The van der Waals surface area contributed by atoms with E-state index in [9.17, 15) is 0 Å². The van der Waals surface area contributed by atoms with Crippen molar-refractivity contribution in [2.75, 3.05) is 6.54 Å². The Morgan fingerprint density at radius 1 is 1.25 bits per heavy atom. The first kappa shape index (κ1) is 16.0. The highest BCUT2D eigenvalue weighted by molar-refractivity contribution is 9.10. The third-order valence-corrected chi connectivity index (χ3v) is 4.52. The van der Waals surface area contributed by atoms with E-state index in [1.807, 2.05) is 0 Å². The summed E-state index contributed by atoms with van der Waals surface area (Å²) in [6.45, 7) is 6.08. The Hall–Kier alpha value is -0.380. The van der Waals surface area contributed by atoms with E-state index in [1.165, 1.54) is 37.7 Å². The summed E-state index contributed by atoms with van der Waals surface area (Å²) in [6, 6.07) is 8.93. The van der Waals surface area contributed by atoms with Gasteiger partial charge in [0.2, 0.25) is 0 Å². The average molecular weight is 340 g/mol. The SMILES string of the molecule is CC(C)NCC1(OCc2cccc(Br)c2)CCCCC1. The molecule has 1 aliphatic carbocycles. The van der Waals surface area contributed by atoms with Crippen LogP contribution >= 0.6 is 15.9 Å². The van der Waals surface area contributed by atoms with Crippen LogP contribution in [0.2, 0.25) is 0 Å². The van der Waals surface area contributed by atoms with Crippen LogP contribution in [-0.4, -0.2) is 18.2 Å². The van der Waals surface area contributed by atoms with Crippen LogP contribution in [-0.2, 0) is 11.3 Å². The lowest BCUT2D eigenvalue weighted by atomic mass is 9.84. The molecule has 0 spiro atoms. The highest BCUT2D eigenvalue weighted by Gasteiger charge is 2.32. The minimum absolute atomic E-state index is 0.0326. The topological polar surface area (TPSA) is 21.3 Å². The summed E-state index contributed by atoms with van der Waals surface area (Å²) < 4.78 is 7.50. The van der Waals surface area contributed by atoms with E-state index in [1.54, 1.807) is 0 Å². The van der Waals surface area contributed by atoms with Crippen molar-refractivity contribution in [1.82, 2.24) is 5.32 Å². The second-order valence-electron chi connectivity index (χ2n) is 6.20. The molecule has 0 unspecified atom stereocenters. The molecule has 3 heteroatoms. The van der Waals surface area contributed by atoms with Crippen LogP contribution in [0.1, 0.15) is 51.5 Å². The summed E-state index contributed by atoms with van der Waals surface area (Å²) in [5, 5.41) is 3.57. The second-order valence-corrected chi connectivity index (χ2v) is 7.11. The van der Waals surface area contributed by atoms with Crippen LogP contribution in [0.15, 0.2) is 28.7 Å². The fraction of sp³-hybridized carbons (Fsp3) is 0.647. The van der Waals surface area contributed by atoms with Crippen LogP contribution in [0, 0.1) is 0 Å². The van der Waals surface area contributed by atoms with Crippen molar-refractivity contribution in [1.29, 1.82) is 0 Å². The quantitative estimate of drug-likeness (QED) is 0.813. The van der Waals surface area contributed by atoms with Crippen LogP contribution in [0.5, 0.6) is 0 Å². The molecular weight excluding hydrogens is 314 g/mol. The van der Waals surface area contributed by atoms with Crippen LogP contribution < -0.4 is 5.32 Å². The molecular formula is C17H26BrNO. The molecule has 1 saturated carbocycles. The Bertz CT molecular complexity index is 413. The van der Waals surface area contributed by atoms with Gasteiger partial charge in [-0.25, -0.2) is 0 Å². The second kappa shape index (κ2) is 7.58. The molecule has 0 saturated heterocycles. The average Bonchev–Trinajstić information content (AvgIpc) is 2.44. The Labute approximate surface area is 131 Å². The van der Waals surface area contributed by atoms with E-state index in [0.29, 0.717) is 12.6 Å². The molecule has 20 heavy (non-hydrogen) atoms. The molecule has 1 aromatic carbocycles. The molecule has 2 nitrogen and oxygen atoms in total. The first-order valence-corrected chi connectivity index (χ1v) is 8.51. The Morgan fingerprint density at radius 2 is 2.00 bits per heavy atom. The van der Waals surface area contributed by atoms with Crippen molar-refractivity contribution in [2.24, 2.45) is 0 Å². The summed E-state index contributed by atoms with van der Waals surface area (Å²) in [5.74, 6) is 0. The third kappa shape index (κ3) is 4.87. The zero-order valence-electron chi connectivity index (χ0n) is 12.6. The van der Waals surface area contributed by atoms with Gasteiger partial charge in [-0.05, 0) is 30.5 Å². The molecule has 0 atom stereocenters. The number of hydrogen-bond acceptors (Lipinski definition) is 2. The smallest absolute Gasteiger partial charge is 0.0810 e. The lowest BCUT2D eigenvalue weighted by Gasteiger charge is -2.38. The molecule has 1 fully saturated rings. The van der Waals surface area contributed by atoms with E-state index in [0.717, 1.165) is 11.0 Å². The standard InChI is InChI=1S/C17H26BrNO/c1-14(2)19-13-17(9-4-3-5-10-17)20-12-15-7-6-8-16(18)11-15/h6-8,11,14,19H,3-5,9-10,12-13H2,1-2H3. The lowest BCUT2D eigenvalue weighted by Crippen LogP contribution is -2.46. The van der Waals surface area contributed by atoms with Crippen molar-refractivity contribution in [3.8, 4) is 0 Å². The lowest BCUT2D eigenvalue weighted by molar-refractivity contribution is -0.0794.